The number of carbonyl (C=O) groups excluding carboxylic acids is 11. The summed E-state index contributed by atoms with van der Waals surface area (Å²) in [5, 5.41) is 82.6. The molecule has 15 atom stereocenters. The van der Waals surface area contributed by atoms with Crippen molar-refractivity contribution in [1.82, 2.24) is 47.4 Å². The summed E-state index contributed by atoms with van der Waals surface area (Å²) >= 11 is 0. The lowest BCUT2D eigenvalue weighted by atomic mass is 9.99. The van der Waals surface area contributed by atoms with E-state index in [1.165, 1.54) is 6.92 Å². The van der Waals surface area contributed by atoms with Gasteiger partial charge in [-0.3, -0.25) is 52.9 Å². The fourth-order valence-corrected chi connectivity index (χ4v) is 9.88. The smallest absolute Gasteiger partial charge is 0.328 e. The highest BCUT2D eigenvalue weighted by molar-refractivity contribution is 6.01. The third-order valence-electron chi connectivity index (χ3n) is 15.0. The number of aliphatic hydroxyl groups excluding tert-OH is 6. The Morgan fingerprint density at radius 2 is 1.35 bits per heavy atom. The van der Waals surface area contributed by atoms with E-state index in [9.17, 15) is 83.4 Å². The van der Waals surface area contributed by atoms with E-state index in [0.29, 0.717) is 6.42 Å². The van der Waals surface area contributed by atoms with Crippen molar-refractivity contribution in [2.24, 2.45) is 28.1 Å². The summed E-state index contributed by atoms with van der Waals surface area (Å²) in [7, 11) is 1.09. The van der Waals surface area contributed by atoms with Crippen LogP contribution in [0.2, 0.25) is 0 Å². The Hall–Kier alpha value is -7.14. The maximum Gasteiger partial charge on any atom is 0.328 e. The number of cyclic esters (lactones) is 1. The van der Waals surface area contributed by atoms with Crippen LogP contribution in [-0.2, 0) is 67.0 Å². The highest BCUT2D eigenvalue weighted by atomic mass is 16.7. The molecule has 0 spiro atoms. The number of nitrogens with zero attached hydrogens (tertiary/aromatic N) is 2. The SMILES string of the molecule is C/C=C(\NC(=O)C[C@@H](CCCCCCCCCCC)O[C@@H]1O[C@@H](CO)[C@H](O)[C@H](O)[C@@H]1O)C(=O)N[C@H]1C(=O)N[C@H]([C@H](C)O)C(=O)N[C@@H](CC(C)C)C(=O)NCC(=O)N[C@H](CCC(N)=O)C(=O)NCC(=O)N(C)[C@H]([C@@H](C)O)C(=O)N[C@@H](CCCN=C(N)N)C(=O)O[C@H]1C. The van der Waals surface area contributed by atoms with Crippen LogP contribution in [0.3, 0.4) is 0 Å². The van der Waals surface area contributed by atoms with Gasteiger partial charge in [0.05, 0.1) is 44.4 Å². The number of aliphatic hydroxyl groups is 6. The number of guanidine groups is 1. The third-order valence-corrected chi connectivity index (χ3v) is 15.0. The van der Waals surface area contributed by atoms with Gasteiger partial charge in [0.15, 0.2) is 12.2 Å². The number of esters is 1. The van der Waals surface area contributed by atoms with Crippen LogP contribution in [0.25, 0.3) is 0 Å². The van der Waals surface area contributed by atoms with E-state index in [1.54, 1.807) is 13.8 Å². The lowest BCUT2D eigenvalue weighted by molar-refractivity contribution is -0.311. The number of allylic oxidation sites excluding steroid dienone is 1. The van der Waals surface area contributed by atoms with Crippen LogP contribution in [0.15, 0.2) is 16.8 Å². The number of hydrogen-bond acceptors (Lipinski definition) is 21. The number of aliphatic imine (C=N–C) groups is 1. The predicted molar refractivity (Wildman–Crippen MR) is 326 cm³/mol. The first-order valence-electron chi connectivity index (χ1n) is 31.0. The van der Waals surface area contributed by atoms with Crippen molar-refractivity contribution in [3.8, 4) is 0 Å². The minimum atomic E-state index is -2.07. The molecule has 91 heavy (non-hydrogen) atoms. The number of nitrogens with one attached hydrogen (secondary N) is 8. The summed E-state index contributed by atoms with van der Waals surface area (Å²) in [5.74, 6) is -12.4. The zero-order chi connectivity index (χ0) is 68.7. The van der Waals surface area contributed by atoms with Crippen LogP contribution in [0, 0.1) is 5.92 Å². The molecule has 2 aliphatic heterocycles. The molecule has 0 saturated carbocycles. The molecule has 518 valence electrons. The molecule has 2 saturated heterocycles. The molecular weight excluding hydrogens is 1200 g/mol. The molecular formula is C58H101N13O20. The molecule has 0 aromatic rings. The van der Waals surface area contributed by atoms with Gasteiger partial charge < -0.3 is 109 Å². The van der Waals surface area contributed by atoms with Gasteiger partial charge in [0, 0.05) is 20.0 Å². The molecule has 33 heteroatoms. The average Bonchev–Trinajstić information content (AvgIpc) is 0.948. The first-order chi connectivity index (χ1) is 42.9. The second-order valence-electron chi connectivity index (χ2n) is 23.3. The number of hydrogen-bond donors (Lipinski definition) is 17. The van der Waals surface area contributed by atoms with Crippen molar-refractivity contribution in [3.05, 3.63) is 11.8 Å². The molecule has 2 heterocycles. The zero-order valence-electron chi connectivity index (χ0n) is 53.5. The predicted octanol–water partition coefficient (Wildman–Crippen LogP) is -4.94. The standard InChI is InChI=1S/C58H101N13O20/c1-9-11-12-13-14-15-16-17-18-20-34(90-57-49(81)48(80)47(79)39(29-72)91-57)26-41(76)65-35(10-2)52(84)70-45-33(7)89-56(88)37(21-19-24-62-58(60)61)67-55(87)46(32(6)74)71(8)43(78)28-64-50(82)36(22-23-40(59)75)66-42(77)27-63-51(83)38(25-30(3)4)68-53(85)44(31(5)73)69-54(45)86/h10,30-34,36-39,44-49,57,72-74,79-81H,9,11-29H2,1-8H3,(H2,59,75)(H,63,83)(H,64,82)(H,65,76)(H,66,77)(H,67,87)(H,68,85)(H,69,86)(H,70,84)(H4,60,61,62)/b35-10-/t31-,32+,33-,34+,36+,37-,38-,39-,44+,45+,46+,47-,48-,49-,57+/m0/s1. The maximum absolute atomic E-state index is 14.7. The molecule has 2 rings (SSSR count). The van der Waals surface area contributed by atoms with Crippen molar-refractivity contribution in [2.75, 3.05) is 33.3 Å². The van der Waals surface area contributed by atoms with E-state index in [2.05, 4.69) is 54.5 Å². The number of rotatable bonds is 29. The van der Waals surface area contributed by atoms with Gasteiger partial charge in [-0.2, -0.15) is 0 Å². The minimum absolute atomic E-state index is 0.0421. The summed E-state index contributed by atoms with van der Waals surface area (Å²) in [5.41, 5.74) is 15.8. The van der Waals surface area contributed by atoms with Crippen molar-refractivity contribution in [2.45, 2.75) is 243 Å². The number of unbranched alkanes of at least 4 members (excludes halogenated alkanes) is 8. The quantitative estimate of drug-likeness (QED) is 0.0110. The van der Waals surface area contributed by atoms with E-state index in [0.717, 1.165) is 90.2 Å². The van der Waals surface area contributed by atoms with Crippen LogP contribution in [0.1, 0.15) is 151 Å². The van der Waals surface area contributed by atoms with Gasteiger partial charge in [0.2, 0.25) is 53.2 Å². The fraction of sp³-hybridized carbons (Fsp3) is 0.759. The van der Waals surface area contributed by atoms with Gasteiger partial charge in [0.1, 0.15) is 72.5 Å². The topological polar surface area (TPSA) is 527 Å². The molecule has 0 aliphatic carbocycles. The Labute approximate surface area is 530 Å². The summed E-state index contributed by atoms with van der Waals surface area (Å²) < 4.78 is 17.4. The first kappa shape index (κ1) is 80.0. The first-order valence-corrected chi connectivity index (χ1v) is 31.0. The number of primary amides is 1. The van der Waals surface area contributed by atoms with Gasteiger partial charge >= 0.3 is 5.97 Å². The fourth-order valence-electron chi connectivity index (χ4n) is 9.88. The van der Waals surface area contributed by atoms with Gasteiger partial charge in [-0.15, -0.1) is 0 Å². The van der Waals surface area contributed by atoms with Crippen molar-refractivity contribution in [1.29, 1.82) is 0 Å². The second kappa shape index (κ2) is 41.4. The van der Waals surface area contributed by atoms with Crippen LogP contribution in [-0.4, -0.2) is 231 Å². The highest BCUT2D eigenvalue weighted by Gasteiger charge is 2.45. The lowest BCUT2D eigenvalue weighted by Crippen LogP contribution is -2.62. The largest absolute Gasteiger partial charge is 0.458 e. The molecule has 0 aromatic carbocycles. The molecule has 33 nitrogen and oxygen atoms in total. The average molecular weight is 1300 g/mol. The highest BCUT2D eigenvalue weighted by Crippen LogP contribution is 2.26. The van der Waals surface area contributed by atoms with Crippen LogP contribution < -0.4 is 59.7 Å². The monoisotopic (exact) mass is 1300 g/mol. The Bertz CT molecular complexity index is 2460. The molecule has 0 aromatic heterocycles. The van der Waals surface area contributed by atoms with Crippen LogP contribution in [0.5, 0.6) is 0 Å². The van der Waals surface area contributed by atoms with Gasteiger partial charge in [-0.05, 0) is 65.7 Å². The summed E-state index contributed by atoms with van der Waals surface area (Å²) in [6.07, 6.45) is -6.44. The normalized spacial score (nSPS) is 26.8. The zero-order valence-corrected chi connectivity index (χ0v) is 53.5. The van der Waals surface area contributed by atoms with E-state index >= 15 is 0 Å². The van der Waals surface area contributed by atoms with Crippen molar-refractivity contribution in [3.63, 3.8) is 0 Å². The lowest BCUT2D eigenvalue weighted by Gasteiger charge is -2.40. The molecule has 20 N–H and O–H groups in total. The molecule has 2 fully saturated rings. The number of carbonyl (C=O) groups is 11. The minimum Gasteiger partial charge on any atom is -0.458 e. The summed E-state index contributed by atoms with van der Waals surface area (Å²) in [4.78, 5) is 156. The Balaban J connectivity index is 2.73. The number of likely N-dealkylation sites (N-methyl/N-ethyl adjacent to an activating group) is 1. The number of ether oxygens (including phenoxy) is 3. The Morgan fingerprint density at radius 3 is 1.92 bits per heavy atom. The molecule has 0 bridgehead atoms. The second-order valence-corrected chi connectivity index (χ2v) is 23.3. The van der Waals surface area contributed by atoms with Crippen LogP contribution in [0.4, 0.5) is 0 Å². The summed E-state index contributed by atoms with van der Waals surface area (Å²) in [6.45, 7) is 7.68. The maximum atomic E-state index is 14.7. The van der Waals surface area contributed by atoms with Gasteiger partial charge in [-0.25, -0.2) is 4.79 Å². The van der Waals surface area contributed by atoms with E-state index < -0.39 is 195 Å². The molecule has 0 radical (unpaired) electrons. The summed E-state index contributed by atoms with van der Waals surface area (Å²) in [6, 6.07) is -10.5. The van der Waals surface area contributed by atoms with Crippen LogP contribution >= 0.6 is 0 Å². The van der Waals surface area contributed by atoms with Crippen molar-refractivity contribution < 1.29 is 97.6 Å². The van der Waals surface area contributed by atoms with Crippen molar-refractivity contribution >= 4 is 71.0 Å². The molecule has 10 amide bonds. The number of nitrogens with two attached hydrogens (primary N) is 3. The Morgan fingerprint density at radius 1 is 0.747 bits per heavy atom. The third kappa shape index (κ3) is 28.5. The molecule has 0 unspecified atom stereocenters. The van der Waals surface area contributed by atoms with Gasteiger partial charge in [0.25, 0.3) is 5.91 Å². The van der Waals surface area contributed by atoms with E-state index in [1.807, 2.05) is 0 Å². The van der Waals surface area contributed by atoms with E-state index in [4.69, 9.17) is 31.4 Å². The van der Waals surface area contributed by atoms with E-state index in [-0.39, 0.29) is 50.5 Å². The van der Waals surface area contributed by atoms with Gasteiger partial charge in [-0.1, -0.05) is 84.6 Å². The molecule has 2 aliphatic rings. The number of amides is 10. The Kier molecular flexibility index (Phi) is 36.3.